The number of amides is 1. The van der Waals surface area contributed by atoms with Gasteiger partial charge < -0.3 is 24.8 Å². The Morgan fingerprint density at radius 1 is 1.36 bits per heavy atom. The van der Waals surface area contributed by atoms with Crippen molar-refractivity contribution in [1.29, 1.82) is 0 Å². The Kier molecular flexibility index (Phi) is 6.96. The van der Waals surface area contributed by atoms with E-state index in [2.05, 4.69) is 10.6 Å². The number of carbonyl (C=O) groups is 1. The predicted molar refractivity (Wildman–Crippen MR) is 90.4 cm³/mol. The van der Waals surface area contributed by atoms with Gasteiger partial charge in [0.25, 0.3) is 11.6 Å². The molecule has 2 rings (SSSR count). The van der Waals surface area contributed by atoms with E-state index in [1.54, 1.807) is 0 Å². The summed E-state index contributed by atoms with van der Waals surface area (Å²) in [6.07, 6.45) is 2.03. The standard InChI is InChI=1S/C16H23N3O6/c1-23-6-7-25-15-9-13(19(21)22)12(8-14(15)24-2)16(20)18-10-11-4-3-5-17-11/h8-9,11,17H,3-7,10H2,1-2H3,(H,18,20). The number of nitrogens with zero attached hydrogens (tertiary/aromatic N) is 1. The first-order chi connectivity index (χ1) is 12.1. The Bertz CT molecular complexity index is 616. The fourth-order valence-corrected chi connectivity index (χ4v) is 2.63. The molecule has 1 heterocycles. The van der Waals surface area contributed by atoms with Crippen molar-refractivity contribution >= 4 is 11.6 Å². The minimum atomic E-state index is -0.606. The fourth-order valence-electron chi connectivity index (χ4n) is 2.63. The summed E-state index contributed by atoms with van der Waals surface area (Å²) < 4.78 is 15.5. The Morgan fingerprint density at radius 2 is 2.16 bits per heavy atom. The highest BCUT2D eigenvalue weighted by Crippen LogP contribution is 2.34. The Balaban J connectivity index is 2.19. The first-order valence-corrected chi connectivity index (χ1v) is 8.06. The van der Waals surface area contributed by atoms with Gasteiger partial charge in [0.15, 0.2) is 11.5 Å². The lowest BCUT2D eigenvalue weighted by molar-refractivity contribution is -0.385. The molecule has 25 heavy (non-hydrogen) atoms. The molecule has 1 amide bonds. The van der Waals surface area contributed by atoms with E-state index in [1.807, 2.05) is 0 Å². The van der Waals surface area contributed by atoms with E-state index < -0.39 is 10.8 Å². The molecule has 0 aromatic heterocycles. The second-order valence-electron chi connectivity index (χ2n) is 5.62. The van der Waals surface area contributed by atoms with Gasteiger partial charge in [0.05, 0.1) is 24.7 Å². The molecule has 138 valence electrons. The van der Waals surface area contributed by atoms with Gasteiger partial charge in [0, 0.05) is 25.8 Å². The zero-order valence-corrected chi connectivity index (χ0v) is 14.4. The molecule has 0 spiro atoms. The molecule has 1 aliphatic heterocycles. The van der Waals surface area contributed by atoms with Crippen molar-refractivity contribution in [2.24, 2.45) is 0 Å². The Labute approximate surface area is 145 Å². The number of carbonyl (C=O) groups excluding carboxylic acids is 1. The molecule has 1 fully saturated rings. The maximum atomic E-state index is 12.4. The van der Waals surface area contributed by atoms with Crippen molar-refractivity contribution in [3.05, 3.63) is 27.8 Å². The van der Waals surface area contributed by atoms with Crippen LogP contribution >= 0.6 is 0 Å². The van der Waals surface area contributed by atoms with E-state index in [0.717, 1.165) is 19.4 Å². The van der Waals surface area contributed by atoms with Gasteiger partial charge in [0.2, 0.25) is 0 Å². The summed E-state index contributed by atoms with van der Waals surface area (Å²) in [6.45, 7) is 1.88. The zero-order chi connectivity index (χ0) is 18.2. The summed E-state index contributed by atoms with van der Waals surface area (Å²) >= 11 is 0. The summed E-state index contributed by atoms with van der Waals surface area (Å²) in [5, 5.41) is 17.4. The second kappa shape index (κ2) is 9.19. The molecular weight excluding hydrogens is 330 g/mol. The first-order valence-electron chi connectivity index (χ1n) is 8.06. The van der Waals surface area contributed by atoms with E-state index in [9.17, 15) is 14.9 Å². The highest BCUT2D eigenvalue weighted by Gasteiger charge is 2.25. The van der Waals surface area contributed by atoms with E-state index in [0.29, 0.717) is 13.2 Å². The number of nitro benzene ring substituents is 1. The van der Waals surface area contributed by atoms with Gasteiger partial charge in [-0.3, -0.25) is 14.9 Å². The van der Waals surface area contributed by atoms with Crippen LogP contribution in [0.3, 0.4) is 0 Å². The van der Waals surface area contributed by atoms with Gasteiger partial charge in [-0.2, -0.15) is 0 Å². The number of nitrogens with one attached hydrogen (secondary N) is 2. The minimum Gasteiger partial charge on any atom is -0.493 e. The van der Waals surface area contributed by atoms with Gasteiger partial charge in [-0.15, -0.1) is 0 Å². The van der Waals surface area contributed by atoms with Crippen molar-refractivity contribution in [2.45, 2.75) is 18.9 Å². The summed E-state index contributed by atoms with van der Waals surface area (Å²) in [7, 11) is 2.93. The van der Waals surface area contributed by atoms with Crippen LogP contribution in [0.4, 0.5) is 5.69 Å². The number of hydrogen-bond donors (Lipinski definition) is 2. The largest absolute Gasteiger partial charge is 0.493 e. The number of nitro groups is 1. The van der Waals surface area contributed by atoms with Crippen LogP contribution in [0.5, 0.6) is 11.5 Å². The monoisotopic (exact) mass is 353 g/mol. The lowest BCUT2D eigenvalue weighted by Crippen LogP contribution is -2.37. The van der Waals surface area contributed by atoms with Gasteiger partial charge >= 0.3 is 0 Å². The van der Waals surface area contributed by atoms with E-state index in [1.165, 1.54) is 26.4 Å². The quantitative estimate of drug-likeness (QED) is 0.388. The molecule has 2 N–H and O–H groups in total. The molecule has 9 nitrogen and oxygen atoms in total. The summed E-state index contributed by atoms with van der Waals surface area (Å²) in [4.78, 5) is 23.2. The molecule has 1 aromatic rings. The zero-order valence-electron chi connectivity index (χ0n) is 14.4. The molecule has 0 bridgehead atoms. The molecule has 9 heteroatoms. The van der Waals surface area contributed by atoms with Gasteiger partial charge in [-0.05, 0) is 19.4 Å². The topological polar surface area (TPSA) is 112 Å². The fraction of sp³-hybridized carbons (Fsp3) is 0.562. The van der Waals surface area contributed by atoms with Crippen LogP contribution in [0, 0.1) is 10.1 Å². The minimum absolute atomic E-state index is 0.0565. The third-order valence-corrected chi connectivity index (χ3v) is 3.94. The average molecular weight is 353 g/mol. The number of methoxy groups -OCH3 is 2. The molecule has 0 aliphatic carbocycles. The Hall–Kier alpha value is -2.39. The van der Waals surface area contributed by atoms with E-state index >= 15 is 0 Å². The highest BCUT2D eigenvalue weighted by atomic mass is 16.6. The summed E-state index contributed by atoms with van der Waals surface area (Å²) in [5.41, 5.74) is -0.385. The molecule has 1 unspecified atom stereocenters. The molecular formula is C16H23N3O6. The van der Waals surface area contributed by atoms with Crippen molar-refractivity contribution in [3.63, 3.8) is 0 Å². The Morgan fingerprint density at radius 3 is 2.76 bits per heavy atom. The van der Waals surface area contributed by atoms with Gasteiger partial charge in [-0.25, -0.2) is 0 Å². The normalized spacial score (nSPS) is 16.5. The van der Waals surface area contributed by atoms with Gasteiger partial charge in [0.1, 0.15) is 12.2 Å². The van der Waals surface area contributed by atoms with Crippen LogP contribution in [0.25, 0.3) is 0 Å². The van der Waals surface area contributed by atoms with Crippen molar-refractivity contribution in [3.8, 4) is 11.5 Å². The third kappa shape index (κ3) is 5.04. The molecule has 1 aliphatic rings. The third-order valence-electron chi connectivity index (χ3n) is 3.94. The molecule has 1 saturated heterocycles. The molecule has 0 radical (unpaired) electrons. The lowest BCUT2D eigenvalue weighted by Gasteiger charge is -2.14. The van der Waals surface area contributed by atoms with Crippen LogP contribution in [0.15, 0.2) is 12.1 Å². The summed E-state index contributed by atoms with van der Waals surface area (Å²) in [6, 6.07) is 2.73. The van der Waals surface area contributed by atoms with Crippen LogP contribution < -0.4 is 20.1 Å². The van der Waals surface area contributed by atoms with Crippen LogP contribution in [0.1, 0.15) is 23.2 Å². The first kappa shape index (κ1) is 18.9. The van der Waals surface area contributed by atoms with Crippen LogP contribution in [0.2, 0.25) is 0 Å². The molecule has 0 saturated carbocycles. The molecule has 1 aromatic carbocycles. The van der Waals surface area contributed by atoms with Crippen molar-refractivity contribution in [2.75, 3.05) is 40.5 Å². The number of rotatable bonds is 9. The average Bonchev–Trinajstić information content (AvgIpc) is 3.12. The number of hydrogen-bond acceptors (Lipinski definition) is 7. The predicted octanol–water partition coefficient (Wildman–Crippen LogP) is 1.11. The summed E-state index contributed by atoms with van der Waals surface area (Å²) in [5.74, 6) is -0.0618. The van der Waals surface area contributed by atoms with Crippen LogP contribution in [-0.4, -0.2) is 57.4 Å². The SMILES string of the molecule is COCCOc1cc([N+](=O)[O-])c(C(=O)NCC2CCCN2)cc1OC. The van der Waals surface area contributed by atoms with E-state index in [4.69, 9.17) is 14.2 Å². The number of ether oxygens (including phenoxy) is 3. The maximum absolute atomic E-state index is 12.4. The maximum Gasteiger partial charge on any atom is 0.286 e. The van der Waals surface area contributed by atoms with E-state index in [-0.39, 0.29) is 35.4 Å². The second-order valence-corrected chi connectivity index (χ2v) is 5.62. The van der Waals surface area contributed by atoms with Crippen LogP contribution in [-0.2, 0) is 4.74 Å². The highest BCUT2D eigenvalue weighted by molar-refractivity contribution is 5.99. The van der Waals surface area contributed by atoms with Gasteiger partial charge in [-0.1, -0.05) is 0 Å². The number of benzene rings is 1. The lowest BCUT2D eigenvalue weighted by atomic mass is 10.1. The van der Waals surface area contributed by atoms with Crippen molar-refractivity contribution in [1.82, 2.24) is 10.6 Å². The van der Waals surface area contributed by atoms with Crippen molar-refractivity contribution < 1.29 is 23.9 Å². The smallest absolute Gasteiger partial charge is 0.286 e. The molecule has 1 atom stereocenters.